The zero-order chi connectivity index (χ0) is 27.8. The van der Waals surface area contributed by atoms with Crippen LogP contribution in [-0.2, 0) is 9.53 Å². The van der Waals surface area contributed by atoms with Gasteiger partial charge in [-0.1, -0.05) is 55.8 Å². The zero-order valence-electron chi connectivity index (χ0n) is 22.4. The van der Waals surface area contributed by atoms with Crippen LogP contribution in [0.15, 0.2) is 84.4 Å². The molecule has 8 heteroatoms. The molecular formula is C31H33N3O5. The van der Waals surface area contributed by atoms with Gasteiger partial charge in [-0.3, -0.25) is 9.69 Å². The fraction of sp³-hybridized carbons (Fsp3) is 0.258. The van der Waals surface area contributed by atoms with E-state index in [2.05, 4.69) is 17.6 Å². The van der Waals surface area contributed by atoms with Crippen molar-refractivity contribution in [3.8, 4) is 5.75 Å². The monoisotopic (exact) mass is 527 g/mol. The summed E-state index contributed by atoms with van der Waals surface area (Å²) in [4.78, 5) is 40.3. The van der Waals surface area contributed by atoms with Gasteiger partial charge < -0.3 is 20.1 Å². The number of esters is 1. The number of benzene rings is 3. The largest absolute Gasteiger partial charge is 0.494 e. The predicted molar refractivity (Wildman–Crippen MR) is 150 cm³/mol. The third kappa shape index (κ3) is 6.46. The Hall–Kier alpha value is -4.59. The van der Waals surface area contributed by atoms with Gasteiger partial charge in [-0.2, -0.15) is 0 Å². The number of hydrogen-bond acceptors (Lipinski definition) is 5. The van der Waals surface area contributed by atoms with Crippen molar-refractivity contribution in [1.29, 1.82) is 0 Å². The molecule has 0 bridgehead atoms. The van der Waals surface area contributed by atoms with Crippen LogP contribution >= 0.6 is 0 Å². The lowest BCUT2D eigenvalue weighted by Crippen LogP contribution is -2.46. The van der Waals surface area contributed by atoms with Crippen LogP contribution in [0.1, 0.15) is 54.2 Å². The first-order valence-corrected chi connectivity index (χ1v) is 13.1. The number of urea groups is 1. The molecule has 4 rings (SSSR count). The molecule has 0 saturated carbocycles. The minimum absolute atomic E-state index is 0.200. The molecule has 1 unspecified atom stereocenters. The Labute approximate surface area is 228 Å². The standard InChI is InChI=1S/C31H33N3O5/c1-4-6-20-39-25-18-14-23(15-19-25)29(35)32-24-16-12-21(13-17-24)27-26(30(36)38-5-2)28(34(3)31(37)33-27)22-10-8-7-9-11-22/h7-19,27H,4-6,20H2,1-3H3,(H,32,35)(H,33,37). The zero-order valence-corrected chi connectivity index (χ0v) is 22.4. The van der Waals surface area contributed by atoms with Crippen molar-refractivity contribution in [2.45, 2.75) is 32.7 Å². The lowest BCUT2D eigenvalue weighted by Gasteiger charge is -2.34. The topological polar surface area (TPSA) is 97.0 Å². The Morgan fingerprint density at radius 3 is 2.28 bits per heavy atom. The van der Waals surface area contributed by atoms with Crippen LogP contribution in [0.4, 0.5) is 10.5 Å². The summed E-state index contributed by atoms with van der Waals surface area (Å²) in [5, 5.41) is 5.80. The third-order valence-electron chi connectivity index (χ3n) is 6.38. The van der Waals surface area contributed by atoms with E-state index < -0.39 is 12.0 Å². The Balaban J connectivity index is 1.57. The van der Waals surface area contributed by atoms with E-state index >= 15 is 0 Å². The van der Waals surface area contributed by atoms with Crippen molar-refractivity contribution in [2.24, 2.45) is 0 Å². The maximum absolute atomic E-state index is 13.2. The van der Waals surface area contributed by atoms with Gasteiger partial charge in [0.15, 0.2) is 0 Å². The average molecular weight is 528 g/mol. The molecule has 0 saturated heterocycles. The molecule has 2 N–H and O–H groups in total. The second kappa shape index (κ2) is 12.8. The molecule has 3 aromatic carbocycles. The van der Waals surface area contributed by atoms with E-state index in [0.29, 0.717) is 34.7 Å². The number of rotatable bonds is 10. The lowest BCUT2D eigenvalue weighted by atomic mass is 9.92. The van der Waals surface area contributed by atoms with Crippen molar-refractivity contribution >= 4 is 29.3 Å². The van der Waals surface area contributed by atoms with E-state index in [0.717, 1.165) is 24.2 Å². The number of carbonyl (C=O) groups excluding carboxylic acids is 3. The average Bonchev–Trinajstić information content (AvgIpc) is 2.95. The highest BCUT2D eigenvalue weighted by Gasteiger charge is 2.37. The lowest BCUT2D eigenvalue weighted by molar-refractivity contribution is -0.138. The molecule has 0 aliphatic carbocycles. The molecule has 3 aromatic rings. The van der Waals surface area contributed by atoms with Crippen molar-refractivity contribution in [2.75, 3.05) is 25.6 Å². The van der Waals surface area contributed by atoms with Crippen LogP contribution in [0.5, 0.6) is 5.75 Å². The fourth-order valence-electron chi connectivity index (χ4n) is 4.33. The molecule has 3 amide bonds. The molecule has 0 aromatic heterocycles. The summed E-state index contributed by atoms with van der Waals surface area (Å²) in [5.41, 5.74) is 3.32. The highest BCUT2D eigenvalue weighted by molar-refractivity contribution is 6.05. The second-order valence-corrected chi connectivity index (χ2v) is 9.09. The Kier molecular flexibility index (Phi) is 8.99. The van der Waals surface area contributed by atoms with Crippen molar-refractivity contribution in [3.63, 3.8) is 0 Å². The Morgan fingerprint density at radius 2 is 1.64 bits per heavy atom. The van der Waals surface area contributed by atoms with E-state index in [-0.39, 0.29) is 18.5 Å². The van der Waals surface area contributed by atoms with E-state index in [1.54, 1.807) is 62.5 Å². The maximum Gasteiger partial charge on any atom is 0.338 e. The molecule has 1 atom stereocenters. The smallest absolute Gasteiger partial charge is 0.338 e. The molecule has 1 aliphatic heterocycles. The summed E-state index contributed by atoms with van der Waals surface area (Å²) in [7, 11) is 1.62. The van der Waals surface area contributed by atoms with Gasteiger partial charge >= 0.3 is 12.0 Å². The number of hydrogen-bond donors (Lipinski definition) is 2. The van der Waals surface area contributed by atoms with Crippen LogP contribution in [0, 0.1) is 0 Å². The van der Waals surface area contributed by atoms with Gasteiger partial charge in [0, 0.05) is 18.3 Å². The van der Waals surface area contributed by atoms with E-state index in [4.69, 9.17) is 9.47 Å². The first-order chi connectivity index (χ1) is 18.9. The number of nitrogens with zero attached hydrogens (tertiary/aromatic N) is 1. The SMILES string of the molecule is CCCCOc1ccc(C(=O)Nc2ccc(C3NC(=O)N(C)C(c4ccccc4)=C3C(=O)OCC)cc2)cc1. The molecular weight excluding hydrogens is 494 g/mol. The molecule has 8 nitrogen and oxygen atoms in total. The number of amides is 3. The van der Waals surface area contributed by atoms with Gasteiger partial charge in [-0.25, -0.2) is 9.59 Å². The number of anilines is 1. The summed E-state index contributed by atoms with van der Waals surface area (Å²) in [6.45, 7) is 4.69. The Bertz CT molecular complexity index is 1330. The number of nitrogens with one attached hydrogen (secondary N) is 2. The molecule has 39 heavy (non-hydrogen) atoms. The van der Waals surface area contributed by atoms with E-state index in [1.807, 2.05) is 30.3 Å². The van der Waals surface area contributed by atoms with Gasteiger partial charge in [0.05, 0.1) is 30.5 Å². The highest BCUT2D eigenvalue weighted by atomic mass is 16.5. The minimum atomic E-state index is -0.729. The summed E-state index contributed by atoms with van der Waals surface area (Å²) in [5.74, 6) is -0.0357. The van der Waals surface area contributed by atoms with Crippen LogP contribution < -0.4 is 15.4 Å². The highest BCUT2D eigenvalue weighted by Crippen LogP contribution is 2.36. The maximum atomic E-state index is 13.2. The summed E-state index contributed by atoms with van der Waals surface area (Å²) in [6.07, 6.45) is 2.03. The van der Waals surface area contributed by atoms with Gasteiger partial charge in [0.25, 0.3) is 5.91 Å². The fourth-order valence-corrected chi connectivity index (χ4v) is 4.33. The molecule has 0 spiro atoms. The summed E-state index contributed by atoms with van der Waals surface area (Å²) < 4.78 is 11.0. The summed E-state index contributed by atoms with van der Waals surface area (Å²) in [6, 6.07) is 22.3. The predicted octanol–water partition coefficient (Wildman–Crippen LogP) is 5.79. The van der Waals surface area contributed by atoms with Gasteiger partial charge in [0.1, 0.15) is 5.75 Å². The Morgan fingerprint density at radius 1 is 0.949 bits per heavy atom. The van der Waals surface area contributed by atoms with E-state index in [9.17, 15) is 14.4 Å². The molecule has 202 valence electrons. The van der Waals surface area contributed by atoms with Gasteiger partial charge in [-0.05, 0) is 60.9 Å². The quantitative estimate of drug-likeness (QED) is 0.257. The number of unbranched alkanes of at least 4 members (excludes halogenated alkanes) is 1. The van der Waals surface area contributed by atoms with Gasteiger partial charge in [0.2, 0.25) is 0 Å². The molecule has 0 radical (unpaired) electrons. The second-order valence-electron chi connectivity index (χ2n) is 9.09. The van der Waals surface area contributed by atoms with Crippen molar-refractivity contribution in [3.05, 3.63) is 101 Å². The minimum Gasteiger partial charge on any atom is -0.494 e. The number of ether oxygens (including phenoxy) is 2. The van der Waals surface area contributed by atoms with Crippen LogP contribution in [0.2, 0.25) is 0 Å². The first kappa shape index (κ1) is 27.4. The van der Waals surface area contributed by atoms with E-state index in [1.165, 1.54) is 4.90 Å². The van der Waals surface area contributed by atoms with Crippen LogP contribution in [-0.4, -0.2) is 43.1 Å². The first-order valence-electron chi connectivity index (χ1n) is 13.1. The molecule has 1 aliphatic rings. The van der Waals surface area contributed by atoms with Crippen LogP contribution in [0.3, 0.4) is 0 Å². The molecule has 1 heterocycles. The van der Waals surface area contributed by atoms with Crippen molar-refractivity contribution in [1.82, 2.24) is 10.2 Å². The summed E-state index contributed by atoms with van der Waals surface area (Å²) >= 11 is 0. The van der Waals surface area contributed by atoms with Gasteiger partial charge in [-0.15, -0.1) is 0 Å². The normalized spacial score (nSPS) is 15.0. The molecule has 0 fully saturated rings. The number of carbonyl (C=O) groups is 3. The third-order valence-corrected chi connectivity index (χ3v) is 6.38. The van der Waals surface area contributed by atoms with Crippen LogP contribution in [0.25, 0.3) is 5.70 Å². The van der Waals surface area contributed by atoms with Crippen molar-refractivity contribution < 1.29 is 23.9 Å².